The molecule has 0 aliphatic rings. The Labute approximate surface area is 79.2 Å². The lowest BCUT2D eigenvalue weighted by atomic mass is 10.1. The first-order chi connectivity index (χ1) is 6.13. The van der Waals surface area contributed by atoms with Gasteiger partial charge in [-0.2, -0.15) is 5.26 Å². The highest BCUT2D eigenvalue weighted by Crippen LogP contribution is 2.16. The van der Waals surface area contributed by atoms with Crippen molar-refractivity contribution in [2.75, 3.05) is 5.32 Å². The van der Waals surface area contributed by atoms with Gasteiger partial charge in [0.2, 0.25) is 0 Å². The molecule has 0 radical (unpaired) electrons. The van der Waals surface area contributed by atoms with E-state index in [0.717, 1.165) is 11.3 Å². The number of nitriles is 1. The van der Waals surface area contributed by atoms with E-state index in [1.807, 2.05) is 25.1 Å². The molecule has 1 rings (SSSR count). The second kappa shape index (κ2) is 3.95. The maximum Gasteiger partial charge on any atom is 0.0991 e. The highest BCUT2D eigenvalue weighted by Gasteiger charge is 2.00. The predicted octanol–water partition coefficient (Wildman–Crippen LogP) is 2.69. The molecule has 0 saturated carbocycles. The molecule has 68 valence electrons. The average Bonchev–Trinajstić information content (AvgIpc) is 2.08. The quantitative estimate of drug-likeness (QED) is 0.748. The maximum atomic E-state index is 8.66. The van der Waals surface area contributed by atoms with E-state index in [9.17, 15) is 0 Å². The van der Waals surface area contributed by atoms with E-state index in [0.29, 0.717) is 11.6 Å². The lowest BCUT2D eigenvalue weighted by Crippen LogP contribution is -2.10. The van der Waals surface area contributed by atoms with Gasteiger partial charge in [-0.1, -0.05) is 0 Å². The molecule has 0 aliphatic carbocycles. The minimum absolute atomic E-state index is 0.423. The molecule has 0 bridgehead atoms. The molecule has 0 spiro atoms. The van der Waals surface area contributed by atoms with Crippen LogP contribution in [0.4, 0.5) is 5.69 Å². The first-order valence-corrected chi connectivity index (χ1v) is 4.41. The van der Waals surface area contributed by atoms with Crippen LogP contribution in [0.5, 0.6) is 0 Å². The van der Waals surface area contributed by atoms with Crippen molar-refractivity contribution in [1.82, 2.24) is 0 Å². The van der Waals surface area contributed by atoms with Crippen LogP contribution in [-0.2, 0) is 0 Å². The third kappa shape index (κ3) is 2.48. The number of benzene rings is 1. The van der Waals surface area contributed by atoms with Crippen molar-refractivity contribution in [3.8, 4) is 6.07 Å². The van der Waals surface area contributed by atoms with Crippen molar-refractivity contribution < 1.29 is 0 Å². The van der Waals surface area contributed by atoms with Crippen LogP contribution >= 0.6 is 0 Å². The van der Waals surface area contributed by atoms with Gasteiger partial charge in [0.05, 0.1) is 11.6 Å². The van der Waals surface area contributed by atoms with Gasteiger partial charge in [-0.3, -0.25) is 0 Å². The minimum Gasteiger partial charge on any atom is -0.383 e. The lowest BCUT2D eigenvalue weighted by molar-refractivity contribution is 0.897. The number of nitrogens with zero attached hydrogens (tertiary/aromatic N) is 1. The summed E-state index contributed by atoms with van der Waals surface area (Å²) in [7, 11) is 0. The Kier molecular flexibility index (Phi) is 2.92. The van der Waals surface area contributed by atoms with E-state index >= 15 is 0 Å². The molecule has 2 heteroatoms. The minimum atomic E-state index is 0.423. The van der Waals surface area contributed by atoms with Gasteiger partial charge >= 0.3 is 0 Å². The Hall–Kier alpha value is -1.49. The van der Waals surface area contributed by atoms with Crippen LogP contribution in [-0.4, -0.2) is 6.04 Å². The highest BCUT2D eigenvalue weighted by atomic mass is 14.9. The van der Waals surface area contributed by atoms with E-state index in [2.05, 4.69) is 25.2 Å². The van der Waals surface area contributed by atoms with Crippen molar-refractivity contribution in [3.05, 3.63) is 29.3 Å². The van der Waals surface area contributed by atoms with E-state index < -0.39 is 0 Å². The zero-order chi connectivity index (χ0) is 9.84. The highest BCUT2D eigenvalue weighted by molar-refractivity contribution is 5.54. The number of rotatable bonds is 2. The molecular weight excluding hydrogens is 160 g/mol. The second-order valence-electron chi connectivity index (χ2n) is 3.44. The average molecular weight is 174 g/mol. The fourth-order valence-electron chi connectivity index (χ4n) is 1.21. The molecule has 0 saturated heterocycles. The van der Waals surface area contributed by atoms with Crippen LogP contribution in [0.3, 0.4) is 0 Å². The van der Waals surface area contributed by atoms with Crippen LogP contribution in [0.25, 0.3) is 0 Å². The summed E-state index contributed by atoms with van der Waals surface area (Å²) in [4.78, 5) is 0. The van der Waals surface area contributed by atoms with Crippen molar-refractivity contribution >= 4 is 5.69 Å². The first kappa shape index (κ1) is 9.60. The van der Waals surface area contributed by atoms with Crippen molar-refractivity contribution in [2.45, 2.75) is 26.8 Å². The molecule has 1 N–H and O–H groups in total. The molecule has 0 aliphatic heterocycles. The Morgan fingerprint density at radius 1 is 1.38 bits per heavy atom. The Bertz CT molecular complexity index is 334. The van der Waals surface area contributed by atoms with Crippen LogP contribution in [0.2, 0.25) is 0 Å². The van der Waals surface area contributed by atoms with Crippen LogP contribution in [0.15, 0.2) is 18.2 Å². The van der Waals surface area contributed by atoms with E-state index in [4.69, 9.17) is 5.26 Å². The molecule has 1 aromatic rings. The summed E-state index contributed by atoms with van der Waals surface area (Å²) < 4.78 is 0. The molecule has 1 aromatic carbocycles. The van der Waals surface area contributed by atoms with Crippen molar-refractivity contribution in [1.29, 1.82) is 5.26 Å². The topological polar surface area (TPSA) is 35.8 Å². The monoisotopic (exact) mass is 174 g/mol. The molecule has 13 heavy (non-hydrogen) atoms. The summed E-state index contributed by atoms with van der Waals surface area (Å²) in [5.41, 5.74) is 2.94. The summed E-state index contributed by atoms with van der Waals surface area (Å²) in [5, 5.41) is 12.0. The molecule has 2 nitrogen and oxygen atoms in total. The molecule has 0 amide bonds. The van der Waals surface area contributed by atoms with Gasteiger partial charge in [-0.05, 0) is 44.5 Å². The van der Waals surface area contributed by atoms with E-state index in [-0.39, 0.29) is 0 Å². The lowest BCUT2D eigenvalue weighted by Gasteiger charge is -2.12. The number of nitrogens with one attached hydrogen (secondary N) is 1. The van der Waals surface area contributed by atoms with Gasteiger partial charge in [0.25, 0.3) is 0 Å². The standard InChI is InChI=1S/C11H14N2/c1-8(2)13-11-5-4-10(7-12)6-9(11)3/h4-6,8,13H,1-3H3. The third-order valence-electron chi connectivity index (χ3n) is 1.80. The van der Waals surface area contributed by atoms with Crippen molar-refractivity contribution in [3.63, 3.8) is 0 Å². The van der Waals surface area contributed by atoms with Gasteiger partial charge in [0, 0.05) is 11.7 Å². The second-order valence-corrected chi connectivity index (χ2v) is 3.44. The zero-order valence-electron chi connectivity index (χ0n) is 8.26. The molecule has 0 atom stereocenters. The third-order valence-corrected chi connectivity index (χ3v) is 1.80. The number of hydrogen-bond acceptors (Lipinski definition) is 2. The maximum absolute atomic E-state index is 8.66. The SMILES string of the molecule is Cc1cc(C#N)ccc1NC(C)C. The van der Waals surface area contributed by atoms with E-state index in [1.165, 1.54) is 0 Å². The molecular formula is C11H14N2. The summed E-state index contributed by atoms with van der Waals surface area (Å²) in [6.07, 6.45) is 0. The molecule has 0 unspecified atom stereocenters. The smallest absolute Gasteiger partial charge is 0.0991 e. The predicted molar refractivity (Wildman–Crippen MR) is 54.7 cm³/mol. The normalized spacial score (nSPS) is 9.77. The fraction of sp³-hybridized carbons (Fsp3) is 0.364. The molecule has 0 aromatic heterocycles. The van der Waals surface area contributed by atoms with Crippen LogP contribution < -0.4 is 5.32 Å². The summed E-state index contributed by atoms with van der Waals surface area (Å²) >= 11 is 0. The number of aryl methyl sites for hydroxylation is 1. The Morgan fingerprint density at radius 3 is 2.54 bits per heavy atom. The van der Waals surface area contributed by atoms with Crippen LogP contribution in [0.1, 0.15) is 25.0 Å². The van der Waals surface area contributed by atoms with Crippen molar-refractivity contribution in [2.24, 2.45) is 0 Å². The molecule has 0 fully saturated rings. The van der Waals surface area contributed by atoms with Crippen LogP contribution in [0, 0.1) is 18.3 Å². The van der Waals surface area contributed by atoms with Gasteiger partial charge in [-0.25, -0.2) is 0 Å². The fourth-order valence-corrected chi connectivity index (χ4v) is 1.21. The Morgan fingerprint density at radius 2 is 2.08 bits per heavy atom. The largest absolute Gasteiger partial charge is 0.383 e. The first-order valence-electron chi connectivity index (χ1n) is 4.41. The molecule has 0 heterocycles. The number of hydrogen-bond donors (Lipinski definition) is 1. The summed E-state index contributed by atoms with van der Waals surface area (Å²) in [6, 6.07) is 8.22. The van der Waals surface area contributed by atoms with E-state index in [1.54, 1.807) is 0 Å². The van der Waals surface area contributed by atoms with Gasteiger partial charge < -0.3 is 5.32 Å². The van der Waals surface area contributed by atoms with Gasteiger partial charge in [-0.15, -0.1) is 0 Å². The summed E-state index contributed by atoms with van der Waals surface area (Å²) in [5.74, 6) is 0. The Balaban J connectivity index is 2.93. The zero-order valence-corrected chi connectivity index (χ0v) is 8.26. The summed E-state index contributed by atoms with van der Waals surface area (Å²) in [6.45, 7) is 6.20. The number of anilines is 1. The van der Waals surface area contributed by atoms with Gasteiger partial charge in [0.1, 0.15) is 0 Å². The van der Waals surface area contributed by atoms with Gasteiger partial charge in [0.15, 0.2) is 0 Å².